The largest absolute Gasteiger partial charge is 0.437 e. The van der Waals surface area contributed by atoms with E-state index in [0.717, 1.165) is 16.1 Å². The van der Waals surface area contributed by atoms with Crippen LogP contribution in [0.4, 0.5) is 10.5 Å². The smallest absolute Gasteiger partial charge is 0.298 e. The molecule has 1 amide bonds. The normalized spacial score (nSPS) is 10.3. The molecule has 5 nitrogen and oxygen atoms in total. The molecule has 0 bridgehead atoms. The standard InChI is InChI=1S/C15H13N3O2S/c1-11-5-2-3-6-12(11)17-15(19)20-18-13(8-9-16-18)14-7-4-10-21-14/h2-10H,1H3,(H,17,19). The highest BCUT2D eigenvalue weighted by Gasteiger charge is 2.12. The molecular weight excluding hydrogens is 286 g/mol. The van der Waals surface area contributed by atoms with E-state index in [9.17, 15) is 4.79 Å². The van der Waals surface area contributed by atoms with Gasteiger partial charge in [0.25, 0.3) is 0 Å². The maximum absolute atomic E-state index is 12.0. The lowest BCUT2D eigenvalue weighted by molar-refractivity contribution is 0.132. The number of thiophene rings is 1. The van der Waals surface area contributed by atoms with Crippen LogP contribution in [0.15, 0.2) is 54.0 Å². The molecule has 0 aliphatic carbocycles. The highest BCUT2D eigenvalue weighted by molar-refractivity contribution is 7.13. The zero-order valence-electron chi connectivity index (χ0n) is 11.3. The number of carbonyl (C=O) groups is 1. The molecule has 0 atom stereocenters. The molecule has 0 aliphatic heterocycles. The number of anilines is 1. The third-order valence-electron chi connectivity index (χ3n) is 2.93. The summed E-state index contributed by atoms with van der Waals surface area (Å²) in [6, 6.07) is 13.2. The number of rotatable bonds is 3. The van der Waals surface area contributed by atoms with Crippen LogP contribution in [-0.4, -0.2) is 16.0 Å². The number of carbonyl (C=O) groups excluding carboxylic acids is 1. The molecule has 0 spiro atoms. The summed E-state index contributed by atoms with van der Waals surface area (Å²) >= 11 is 1.56. The quantitative estimate of drug-likeness (QED) is 0.804. The second kappa shape index (κ2) is 5.80. The number of aryl methyl sites for hydroxylation is 1. The first-order valence-corrected chi connectivity index (χ1v) is 7.25. The number of benzene rings is 1. The maximum atomic E-state index is 12.0. The summed E-state index contributed by atoms with van der Waals surface area (Å²) in [5, 5.41) is 8.68. The van der Waals surface area contributed by atoms with E-state index in [4.69, 9.17) is 4.84 Å². The summed E-state index contributed by atoms with van der Waals surface area (Å²) in [6.45, 7) is 1.92. The number of hydrogen-bond acceptors (Lipinski definition) is 4. The van der Waals surface area contributed by atoms with Crippen LogP contribution < -0.4 is 10.2 Å². The van der Waals surface area contributed by atoms with Crippen molar-refractivity contribution in [3.05, 3.63) is 59.6 Å². The van der Waals surface area contributed by atoms with E-state index in [2.05, 4.69) is 10.4 Å². The molecule has 0 saturated carbocycles. The molecule has 0 fully saturated rings. The van der Waals surface area contributed by atoms with Crippen LogP contribution in [0.2, 0.25) is 0 Å². The van der Waals surface area contributed by atoms with Gasteiger partial charge in [-0.15, -0.1) is 16.4 Å². The summed E-state index contributed by atoms with van der Waals surface area (Å²) in [6.07, 6.45) is 1.02. The first kappa shape index (κ1) is 13.4. The molecular formula is C15H13N3O2S. The predicted molar refractivity (Wildman–Crippen MR) is 82.3 cm³/mol. The van der Waals surface area contributed by atoms with E-state index in [0.29, 0.717) is 5.69 Å². The minimum absolute atomic E-state index is 0.578. The van der Waals surface area contributed by atoms with E-state index in [1.54, 1.807) is 23.6 Å². The average Bonchev–Trinajstić information content (AvgIpc) is 3.11. The lowest BCUT2D eigenvalue weighted by Gasteiger charge is -2.09. The van der Waals surface area contributed by atoms with Crippen molar-refractivity contribution >= 4 is 23.1 Å². The van der Waals surface area contributed by atoms with E-state index >= 15 is 0 Å². The predicted octanol–water partition coefficient (Wildman–Crippen LogP) is 3.58. The molecule has 1 aromatic carbocycles. The fourth-order valence-electron chi connectivity index (χ4n) is 1.89. The van der Waals surface area contributed by atoms with Gasteiger partial charge in [-0.05, 0) is 36.1 Å². The third-order valence-corrected chi connectivity index (χ3v) is 3.83. The van der Waals surface area contributed by atoms with Gasteiger partial charge in [-0.3, -0.25) is 10.2 Å². The fraction of sp³-hybridized carbons (Fsp3) is 0.0667. The molecule has 106 valence electrons. The summed E-state index contributed by atoms with van der Waals surface area (Å²) in [4.78, 5) is 19.4. The van der Waals surface area contributed by atoms with Gasteiger partial charge in [0.05, 0.1) is 11.1 Å². The van der Waals surface area contributed by atoms with Gasteiger partial charge >= 0.3 is 6.09 Å². The summed E-state index contributed by atoms with van der Waals surface area (Å²) in [5.74, 6) is 0. The maximum Gasteiger partial charge on any atom is 0.437 e. The topological polar surface area (TPSA) is 56.1 Å². The Kier molecular flexibility index (Phi) is 3.70. The van der Waals surface area contributed by atoms with Crippen LogP contribution in [0, 0.1) is 6.92 Å². The number of aromatic nitrogens is 2. The lowest BCUT2D eigenvalue weighted by atomic mass is 10.2. The number of nitrogens with zero attached hydrogens (tertiary/aromatic N) is 2. The lowest BCUT2D eigenvalue weighted by Crippen LogP contribution is -2.26. The molecule has 2 heterocycles. The molecule has 6 heteroatoms. The number of nitrogens with one attached hydrogen (secondary N) is 1. The Labute approximate surface area is 125 Å². The Morgan fingerprint density at radius 3 is 2.86 bits per heavy atom. The Morgan fingerprint density at radius 1 is 1.24 bits per heavy atom. The van der Waals surface area contributed by atoms with Crippen molar-refractivity contribution in [1.29, 1.82) is 0 Å². The molecule has 21 heavy (non-hydrogen) atoms. The zero-order valence-corrected chi connectivity index (χ0v) is 12.1. The fourth-order valence-corrected chi connectivity index (χ4v) is 2.62. The molecule has 0 radical (unpaired) electrons. The molecule has 0 unspecified atom stereocenters. The number of hydrogen-bond donors (Lipinski definition) is 1. The molecule has 2 aromatic heterocycles. The summed E-state index contributed by atoms with van der Waals surface area (Å²) < 4.78 is 0. The van der Waals surface area contributed by atoms with E-state index in [1.807, 2.05) is 48.7 Å². The second-order valence-electron chi connectivity index (χ2n) is 4.39. The van der Waals surface area contributed by atoms with Gasteiger partial charge in [-0.1, -0.05) is 29.1 Å². The van der Waals surface area contributed by atoms with Gasteiger partial charge in [-0.2, -0.15) is 0 Å². The number of para-hydroxylation sites is 1. The Hall–Kier alpha value is -2.60. The first-order valence-electron chi connectivity index (χ1n) is 6.37. The van der Waals surface area contributed by atoms with Gasteiger partial charge < -0.3 is 0 Å². The Morgan fingerprint density at radius 2 is 2.10 bits per heavy atom. The van der Waals surface area contributed by atoms with Gasteiger partial charge in [0.2, 0.25) is 0 Å². The van der Waals surface area contributed by atoms with Gasteiger partial charge in [0, 0.05) is 5.69 Å². The Balaban J connectivity index is 1.74. The number of amides is 1. The molecule has 1 N–H and O–H groups in total. The monoisotopic (exact) mass is 299 g/mol. The van der Waals surface area contributed by atoms with Crippen molar-refractivity contribution in [3.8, 4) is 10.6 Å². The van der Waals surface area contributed by atoms with Crippen LogP contribution in [0.25, 0.3) is 10.6 Å². The highest BCUT2D eigenvalue weighted by Crippen LogP contribution is 2.23. The first-order chi connectivity index (χ1) is 10.2. The van der Waals surface area contributed by atoms with Crippen molar-refractivity contribution in [2.45, 2.75) is 6.92 Å². The van der Waals surface area contributed by atoms with Crippen molar-refractivity contribution in [2.24, 2.45) is 0 Å². The van der Waals surface area contributed by atoms with Crippen LogP contribution in [0.5, 0.6) is 0 Å². The molecule has 3 aromatic rings. The minimum Gasteiger partial charge on any atom is -0.298 e. The van der Waals surface area contributed by atoms with Crippen molar-refractivity contribution in [2.75, 3.05) is 5.32 Å². The van der Waals surface area contributed by atoms with Crippen LogP contribution in [0.3, 0.4) is 0 Å². The summed E-state index contributed by atoms with van der Waals surface area (Å²) in [7, 11) is 0. The average molecular weight is 299 g/mol. The van der Waals surface area contributed by atoms with Gasteiger partial charge in [0.15, 0.2) is 0 Å². The van der Waals surface area contributed by atoms with Crippen molar-refractivity contribution < 1.29 is 9.63 Å². The van der Waals surface area contributed by atoms with E-state index in [1.165, 1.54) is 4.85 Å². The SMILES string of the molecule is Cc1ccccc1NC(=O)On1nccc1-c1cccs1. The van der Waals surface area contributed by atoms with Crippen LogP contribution in [0.1, 0.15) is 5.56 Å². The summed E-state index contributed by atoms with van der Waals surface area (Å²) in [5.41, 5.74) is 2.42. The van der Waals surface area contributed by atoms with Gasteiger partial charge in [-0.25, -0.2) is 4.79 Å². The second-order valence-corrected chi connectivity index (χ2v) is 5.33. The molecule has 3 rings (SSSR count). The van der Waals surface area contributed by atoms with Crippen LogP contribution in [-0.2, 0) is 0 Å². The third kappa shape index (κ3) is 2.95. The van der Waals surface area contributed by atoms with Crippen LogP contribution >= 0.6 is 11.3 Å². The molecule has 0 saturated heterocycles. The minimum atomic E-state index is -0.578. The van der Waals surface area contributed by atoms with E-state index < -0.39 is 6.09 Å². The molecule has 0 aliphatic rings. The van der Waals surface area contributed by atoms with E-state index in [-0.39, 0.29) is 0 Å². The Bertz CT molecular complexity index is 750. The van der Waals surface area contributed by atoms with Crippen molar-refractivity contribution in [1.82, 2.24) is 9.94 Å². The van der Waals surface area contributed by atoms with Gasteiger partial charge in [0.1, 0.15) is 5.69 Å². The highest BCUT2D eigenvalue weighted by atomic mass is 32.1. The zero-order chi connectivity index (χ0) is 14.7. The van der Waals surface area contributed by atoms with Crippen molar-refractivity contribution in [3.63, 3.8) is 0 Å².